The molecule has 4 rings (SSSR count). The van der Waals surface area contributed by atoms with Crippen LogP contribution in [-0.2, 0) is 19.4 Å². The first-order valence-corrected chi connectivity index (χ1v) is 12.1. The Morgan fingerprint density at radius 2 is 2.03 bits per heavy atom. The van der Waals surface area contributed by atoms with E-state index in [9.17, 15) is 5.26 Å². The van der Waals surface area contributed by atoms with Crippen molar-refractivity contribution in [2.75, 3.05) is 0 Å². The lowest BCUT2D eigenvalue weighted by Crippen LogP contribution is -2.26. The number of aliphatic imine (C=N–C) groups is 1. The van der Waals surface area contributed by atoms with Crippen LogP contribution in [0.5, 0.6) is 5.75 Å². The van der Waals surface area contributed by atoms with Crippen LogP contribution in [0.15, 0.2) is 53.5 Å². The zero-order valence-corrected chi connectivity index (χ0v) is 20.3. The second-order valence-corrected chi connectivity index (χ2v) is 10.8. The molecule has 1 aliphatic rings. The minimum Gasteiger partial charge on any atom is -0.489 e. The molecule has 32 heavy (non-hydrogen) atoms. The summed E-state index contributed by atoms with van der Waals surface area (Å²) in [6.07, 6.45) is 4.97. The quantitative estimate of drug-likeness (QED) is 0.364. The first kappa shape index (κ1) is 22.6. The van der Waals surface area contributed by atoms with Gasteiger partial charge in [0, 0.05) is 21.7 Å². The molecular formula is C27H27ClN2OS. The molecule has 0 fully saturated rings. The van der Waals surface area contributed by atoms with Crippen LogP contribution in [0.25, 0.3) is 0 Å². The fourth-order valence-corrected chi connectivity index (χ4v) is 5.52. The lowest BCUT2D eigenvalue weighted by atomic mass is 9.72. The number of hydrogen-bond acceptors (Lipinski definition) is 4. The molecule has 0 radical (unpaired) electrons. The number of thiophene rings is 1. The zero-order valence-electron chi connectivity index (χ0n) is 18.7. The summed E-state index contributed by atoms with van der Waals surface area (Å²) in [5, 5.41) is 11.3. The zero-order chi connectivity index (χ0) is 22.7. The van der Waals surface area contributed by atoms with Crippen LogP contribution < -0.4 is 4.74 Å². The van der Waals surface area contributed by atoms with E-state index in [-0.39, 0.29) is 5.41 Å². The van der Waals surface area contributed by atoms with Crippen molar-refractivity contribution in [1.29, 1.82) is 5.26 Å². The Bertz CT molecular complexity index is 1180. The van der Waals surface area contributed by atoms with E-state index < -0.39 is 0 Å². The maximum atomic E-state index is 9.78. The van der Waals surface area contributed by atoms with Crippen molar-refractivity contribution in [2.24, 2.45) is 16.3 Å². The third-order valence-electron chi connectivity index (χ3n) is 6.12. The van der Waals surface area contributed by atoms with E-state index in [4.69, 9.17) is 21.3 Å². The summed E-state index contributed by atoms with van der Waals surface area (Å²) < 4.78 is 5.92. The van der Waals surface area contributed by atoms with Crippen molar-refractivity contribution in [2.45, 2.75) is 46.6 Å². The van der Waals surface area contributed by atoms with Crippen molar-refractivity contribution >= 4 is 34.2 Å². The van der Waals surface area contributed by atoms with Crippen LogP contribution in [0.3, 0.4) is 0 Å². The molecule has 1 atom stereocenters. The van der Waals surface area contributed by atoms with Gasteiger partial charge >= 0.3 is 0 Å². The van der Waals surface area contributed by atoms with Gasteiger partial charge in [0.1, 0.15) is 23.4 Å². The van der Waals surface area contributed by atoms with Gasteiger partial charge in [0.05, 0.1) is 5.56 Å². The number of ether oxygens (including phenoxy) is 1. The summed E-state index contributed by atoms with van der Waals surface area (Å²) in [4.78, 5) is 6.04. The summed E-state index contributed by atoms with van der Waals surface area (Å²) in [6, 6.07) is 17.9. The fraction of sp³-hybridized carbons (Fsp3) is 0.333. The molecule has 0 bridgehead atoms. The summed E-state index contributed by atoms with van der Waals surface area (Å²) in [6.45, 7) is 7.33. The number of rotatable bonds is 5. The largest absolute Gasteiger partial charge is 0.489 e. The molecular weight excluding hydrogens is 436 g/mol. The van der Waals surface area contributed by atoms with E-state index in [0.29, 0.717) is 17.5 Å². The van der Waals surface area contributed by atoms with Crippen LogP contribution in [0.1, 0.15) is 54.3 Å². The van der Waals surface area contributed by atoms with E-state index in [1.54, 1.807) is 11.3 Å². The van der Waals surface area contributed by atoms with Crippen LogP contribution in [0.4, 0.5) is 5.00 Å². The molecule has 3 nitrogen and oxygen atoms in total. The summed E-state index contributed by atoms with van der Waals surface area (Å²) in [5.41, 5.74) is 4.12. The monoisotopic (exact) mass is 462 g/mol. The summed E-state index contributed by atoms with van der Waals surface area (Å²) >= 11 is 7.89. The third kappa shape index (κ3) is 5.06. The molecule has 0 aliphatic heterocycles. The highest BCUT2D eigenvalue weighted by atomic mass is 35.5. The van der Waals surface area contributed by atoms with Crippen LogP contribution in [-0.4, -0.2) is 6.21 Å². The number of nitriles is 1. The maximum Gasteiger partial charge on any atom is 0.134 e. The number of halogens is 1. The molecule has 0 N–H and O–H groups in total. The first-order chi connectivity index (χ1) is 15.3. The van der Waals surface area contributed by atoms with Gasteiger partial charge < -0.3 is 4.74 Å². The number of nitrogens with zero attached hydrogens (tertiary/aromatic N) is 2. The lowest BCUT2D eigenvalue weighted by Gasteiger charge is -2.33. The minimum atomic E-state index is 0.280. The summed E-state index contributed by atoms with van der Waals surface area (Å²) in [7, 11) is 0. The maximum absolute atomic E-state index is 9.78. The molecule has 0 amide bonds. The van der Waals surface area contributed by atoms with Crippen molar-refractivity contribution in [3.63, 3.8) is 0 Å². The highest BCUT2D eigenvalue weighted by Gasteiger charge is 2.32. The molecule has 1 heterocycles. The molecule has 3 aromatic rings. The average molecular weight is 463 g/mol. The average Bonchev–Trinajstić information content (AvgIpc) is 3.13. The Kier molecular flexibility index (Phi) is 6.69. The topological polar surface area (TPSA) is 45.4 Å². The Labute approximate surface area is 199 Å². The molecule has 164 valence electrons. The van der Waals surface area contributed by atoms with E-state index >= 15 is 0 Å². The molecule has 2 aromatic carbocycles. The fourth-order valence-electron chi connectivity index (χ4n) is 4.11. The number of benzene rings is 2. The van der Waals surface area contributed by atoms with Gasteiger partial charge in [-0.3, -0.25) is 0 Å². The standard InChI is InChI=1S/C27H27ClN2OS/c1-27(2,3)20-11-12-22-23(15-29)26(32-25(22)14-20)30-16-18-7-6-9-21(13-18)31-17-19-8-4-5-10-24(19)28/h4-10,13,16,20H,11-12,14,17H2,1-3H3/t20-/m1/s1. The van der Waals surface area contributed by atoms with Gasteiger partial charge in [0.25, 0.3) is 0 Å². The highest BCUT2D eigenvalue weighted by Crippen LogP contribution is 2.44. The first-order valence-electron chi connectivity index (χ1n) is 10.9. The second kappa shape index (κ2) is 9.48. The predicted octanol–water partition coefficient (Wildman–Crippen LogP) is 7.75. The minimum absolute atomic E-state index is 0.280. The van der Waals surface area contributed by atoms with Gasteiger partial charge in [0.2, 0.25) is 0 Å². The highest BCUT2D eigenvalue weighted by molar-refractivity contribution is 7.16. The van der Waals surface area contributed by atoms with E-state index in [1.165, 1.54) is 10.4 Å². The lowest BCUT2D eigenvalue weighted by molar-refractivity contribution is 0.218. The van der Waals surface area contributed by atoms with Gasteiger partial charge in [-0.2, -0.15) is 5.26 Å². The van der Waals surface area contributed by atoms with E-state index in [2.05, 4.69) is 26.8 Å². The molecule has 1 aromatic heterocycles. The van der Waals surface area contributed by atoms with Gasteiger partial charge in [-0.1, -0.05) is 62.7 Å². The number of fused-ring (bicyclic) bond motifs is 1. The Morgan fingerprint density at radius 3 is 2.78 bits per heavy atom. The molecule has 0 saturated carbocycles. The summed E-state index contributed by atoms with van der Waals surface area (Å²) in [5.74, 6) is 1.40. The Balaban J connectivity index is 1.50. The smallest absolute Gasteiger partial charge is 0.134 e. The molecule has 0 unspecified atom stereocenters. The van der Waals surface area contributed by atoms with Crippen molar-refractivity contribution in [1.82, 2.24) is 0 Å². The number of hydrogen-bond donors (Lipinski definition) is 0. The van der Waals surface area contributed by atoms with Gasteiger partial charge in [-0.25, -0.2) is 4.99 Å². The Hall–Kier alpha value is -2.61. The van der Waals surface area contributed by atoms with Crippen LogP contribution in [0, 0.1) is 22.7 Å². The van der Waals surface area contributed by atoms with Crippen LogP contribution >= 0.6 is 22.9 Å². The molecule has 0 spiro atoms. The van der Waals surface area contributed by atoms with Crippen LogP contribution in [0.2, 0.25) is 5.02 Å². The van der Waals surface area contributed by atoms with Crippen molar-refractivity contribution in [3.8, 4) is 11.8 Å². The SMILES string of the molecule is CC(C)(C)[C@@H]1CCc2c(sc(N=Cc3cccc(OCc4ccccc4Cl)c3)c2C#N)C1. The normalized spacial score (nSPS) is 16.0. The molecule has 1 aliphatic carbocycles. The van der Waals surface area contributed by atoms with Crippen molar-refractivity contribution in [3.05, 3.63) is 80.7 Å². The van der Waals surface area contributed by atoms with Crippen molar-refractivity contribution < 1.29 is 4.74 Å². The van der Waals surface area contributed by atoms with E-state index in [0.717, 1.165) is 46.7 Å². The Morgan fingerprint density at radius 1 is 1.22 bits per heavy atom. The third-order valence-corrected chi connectivity index (χ3v) is 7.66. The second-order valence-electron chi connectivity index (χ2n) is 9.31. The molecule has 0 saturated heterocycles. The predicted molar refractivity (Wildman–Crippen MR) is 133 cm³/mol. The van der Waals surface area contributed by atoms with Gasteiger partial charge in [-0.05, 0) is 59.9 Å². The van der Waals surface area contributed by atoms with Gasteiger partial charge in [0.15, 0.2) is 0 Å². The molecule has 5 heteroatoms. The van der Waals surface area contributed by atoms with E-state index in [1.807, 2.05) is 54.7 Å². The van der Waals surface area contributed by atoms with Gasteiger partial charge in [-0.15, -0.1) is 11.3 Å².